The number of halogens is 4. The Morgan fingerprint density at radius 1 is 1.03 bits per heavy atom. The second kappa shape index (κ2) is 10.6. The second-order valence-electron chi connectivity index (χ2n) is 9.11. The van der Waals surface area contributed by atoms with E-state index in [-0.39, 0.29) is 18.0 Å². The quantitative estimate of drug-likeness (QED) is 0.423. The normalized spacial score (nSPS) is 15.2. The highest BCUT2D eigenvalue weighted by Gasteiger charge is 2.41. The predicted molar refractivity (Wildman–Crippen MR) is 138 cm³/mol. The first-order chi connectivity index (χ1) is 17.9. The van der Waals surface area contributed by atoms with Crippen molar-refractivity contribution >= 4 is 23.1 Å². The smallest absolute Gasteiger partial charge is 0.452 e. The summed E-state index contributed by atoms with van der Waals surface area (Å²) in [5.41, 5.74) is 0.0183. The molecular formula is C25H27ClF3N5O4. The maximum atomic E-state index is 13.4. The van der Waals surface area contributed by atoms with Crippen molar-refractivity contribution in [2.75, 3.05) is 37.5 Å². The summed E-state index contributed by atoms with van der Waals surface area (Å²) < 4.78 is 51.1. The molecule has 3 aromatic rings. The fourth-order valence-electron chi connectivity index (χ4n) is 4.23. The van der Waals surface area contributed by atoms with Gasteiger partial charge in [-0.15, -0.1) is 13.2 Å². The van der Waals surface area contributed by atoms with E-state index in [0.29, 0.717) is 23.9 Å². The molecule has 0 N–H and O–H groups in total. The molecule has 13 heteroatoms. The molecule has 9 nitrogen and oxygen atoms in total. The first kappa shape index (κ1) is 27.4. The number of ether oxygens (including phenoxy) is 2. The fourth-order valence-corrected chi connectivity index (χ4v) is 4.35. The summed E-state index contributed by atoms with van der Waals surface area (Å²) in [7, 11) is 6.80. The molecule has 38 heavy (non-hydrogen) atoms. The van der Waals surface area contributed by atoms with Crippen LogP contribution in [0.2, 0.25) is 5.02 Å². The van der Waals surface area contributed by atoms with Crippen molar-refractivity contribution in [1.29, 1.82) is 0 Å². The van der Waals surface area contributed by atoms with Crippen LogP contribution in [0.15, 0.2) is 58.1 Å². The van der Waals surface area contributed by atoms with Crippen LogP contribution in [0.5, 0.6) is 11.5 Å². The Hall–Kier alpha value is -3.64. The number of alkyl halides is 3. The lowest BCUT2D eigenvalue weighted by atomic mass is 10.2. The molecule has 0 bridgehead atoms. The van der Waals surface area contributed by atoms with E-state index in [1.54, 1.807) is 41.1 Å². The summed E-state index contributed by atoms with van der Waals surface area (Å²) in [6.45, 7) is 1.01. The van der Waals surface area contributed by atoms with Gasteiger partial charge in [-0.2, -0.15) is 0 Å². The van der Waals surface area contributed by atoms with Crippen molar-refractivity contribution in [1.82, 2.24) is 14.0 Å². The molecular weight excluding hydrogens is 527 g/mol. The minimum Gasteiger partial charge on any atom is -0.452 e. The summed E-state index contributed by atoms with van der Waals surface area (Å²) in [6, 6.07) is 12.1. The standard InChI is InChI=1S/C25H27ClF3N5O4/c1-30(2)12-13-33-21-20(22(35)32(4)23(33)36)34(15-16-8-10-17(26)11-9-16)24(31(21)3)37-18-6-5-7-19(14-18)38-25(27,28)29/h5-11,14,24H,12-13,15H2,1-4H3. The third-order valence-electron chi connectivity index (χ3n) is 6.03. The highest BCUT2D eigenvalue weighted by molar-refractivity contribution is 6.30. The topological polar surface area (TPSA) is 72.2 Å². The van der Waals surface area contributed by atoms with Crippen molar-refractivity contribution in [3.05, 3.63) is 80.0 Å². The number of hydrogen-bond donors (Lipinski definition) is 0. The van der Waals surface area contributed by atoms with Gasteiger partial charge in [0.25, 0.3) is 11.9 Å². The number of anilines is 2. The molecule has 204 valence electrons. The number of likely N-dealkylation sites (N-methyl/N-ethyl adjacent to an activating group) is 1. The van der Waals surface area contributed by atoms with Crippen LogP contribution in [0.1, 0.15) is 5.56 Å². The lowest BCUT2D eigenvalue weighted by molar-refractivity contribution is -0.274. The molecule has 4 rings (SSSR count). The summed E-state index contributed by atoms with van der Waals surface area (Å²) in [4.78, 5) is 31.8. The number of benzene rings is 2. The molecule has 0 spiro atoms. The van der Waals surface area contributed by atoms with Crippen molar-refractivity contribution in [2.24, 2.45) is 7.05 Å². The van der Waals surface area contributed by atoms with Crippen LogP contribution >= 0.6 is 11.6 Å². The molecule has 1 aromatic heterocycles. The number of rotatable bonds is 8. The zero-order valence-electron chi connectivity index (χ0n) is 21.2. The van der Waals surface area contributed by atoms with Crippen molar-refractivity contribution in [3.63, 3.8) is 0 Å². The van der Waals surface area contributed by atoms with Gasteiger partial charge in [-0.1, -0.05) is 29.8 Å². The van der Waals surface area contributed by atoms with Gasteiger partial charge in [0.05, 0.1) is 0 Å². The Balaban J connectivity index is 1.81. The number of aromatic nitrogens is 2. The zero-order valence-corrected chi connectivity index (χ0v) is 22.0. The first-order valence-corrected chi connectivity index (χ1v) is 12.0. The number of nitrogens with zero attached hydrogens (tertiary/aromatic N) is 5. The Kier molecular flexibility index (Phi) is 7.65. The Bertz CT molecular complexity index is 1420. The Morgan fingerprint density at radius 3 is 2.32 bits per heavy atom. The van der Waals surface area contributed by atoms with Gasteiger partial charge >= 0.3 is 12.1 Å². The molecule has 0 fully saturated rings. The maximum absolute atomic E-state index is 13.4. The molecule has 1 unspecified atom stereocenters. The summed E-state index contributed by atoms with van der Waals surface area (Å²) in [6.07, 6.45) is -5.84. The monoisotopic (exact) mass is 553 g/mol. The van der Waals surface area contributed by atoms with Gasteiger partial charge in [0.15, 0.2) is 0 Å². The van der Waals surface area contributed by atoms with Crippen LogP contribution in [0, 0.1) is 0 Å². The fraction of sp³-hybridized carbons (Fsp3) is 0.360. The van der Waals surface area contributed by atoms with Gasteiger partial charge < -0.3 is 24.2 Å². The van der Waals surface area contributed by atoms with Crippen LogP contribution in [0.4, 0.5) is 24.7 Å². The average molecular weight is 554 g/mol. The van der Waals surface area contributed by atoms with Gasteiger partial charge in [0.1, 0.15) is 23.0 Å². The molecule has 0 aliphatic carbocycles. The Labute approximate surface area is 221 Å². The van der Waals surface area contributed by atoms with Gasteiger partial charge in [-0.05, 0) is 43.9 Å². The minimum absolute atomic E-state index is 0.0801. The summed E-state index contributed by atoms with van der Waals surface area (Å²) in [5, 5.41) is 0.537. The highest BCUT2D eigenvalue weighted by atomic mass is 35.5. The van der Waals surface area contributed by atoms with E-state index < -0.39 is 29.7 Å². The van der Waals surface area contributed by atoms with E-state index in [9.17, 15) is 22.8 Å². The lowest BCUT2D eigenvalue weighted by Gasteiger charge is -2.30. The molecule has 0 radical (unpaired) electrons. The van der Waals surface area contributed by atoms with Gasteiger partial charge in [0.2, 0.25) is 0 Å². The second-order valence-corrected chi connectivity index (χ2v) is 9.54. The van der Waals surface area contributed by atoms with Crippen LogP contribution in [0.3, 0.4) is 0 Å². The third-order valence-corrected chi connectivity index (χ3v) is 6.28. The van der Waals surface area contributed by atoms with Crippen LogP contribution in [-0.4, -0.2) is 54.4 Å². The summed E-state index contributed by atoms with van der Waals surface area (Å²) >= 11 is 6.04. The highest BCUT2D eigenvalue weighted by Crippen LogP contribution is 2.38. The molecule has 0 amide bonds. The minimum atomic E-state index is -4.87. The van der Waals surface area contributed by atoms with Gasteiger partial charge in [0, 0.05) is 44.8 Å². The van der Waals surface area contributed by atoms with Crippen molar-refractivity contribution < 1.29 is 22.6 Å². The summed E-state index contributed by atoms with van der Waals surface area (Å²) in [5.74, 6) is -0.0191. The van der Waals surface area contributed by atoms with E-state index in [1.807, 2.05) is 19.0 Å². The van der Waals surface area contributed by atoms with Crippen LogP contribution in [0.25, 0.3) is 0 Å². The van der Waals surface area contributed by atoms with Crippen LogP contribution < -0.4 is 30.5 Å². The van der Waals surface area contributed by atoms with E-state index >= 15 is 0 Å². The molecule has 1 aliphatic heterocycles. The number of fused-ring (bicyclic) bond motifs is 1. The lowest BCUT2D eigenvalue weighted by Crippen LogP contribution is -2.46. The van der Waals surface area contributed by atoms with Gasteiger partial charge in [-0.3, -0.25) is 13.9 Å². The molecule has 1 aliphatic rings. The largest absolute Gasteiger partial charge is 0.573 e. The van der Waals surface area contributed by atoms with Crippen LogP contribution in [-0.2, 0) is 20.1 Å². The van der Waals surface area contributed by atoms with Crippen molar-refractivity contribution in [3.8, 4) is 11.5 Å². The van der Waals surface area contributed by atoms with E-state index in [2.05, 4.69) is 4.74 Å². The van der Waals surface area contributed by atoms with Gasteiger partial charge in [-0.25, -0.2) is 4.79 Å². The molecule has 2 aromatic carbocycles. The first-order valence-electron chi connectivity index (χ1n) is 11.6. The SMILES string of the molecule is CN(C)CCn1c2c(c(=O)n(C)c1=O)N(Cc1ccc(Cl)cc1)C(Oc1cccc(OC(F)(F)F)c1)N2C. The third kappa shape index (κ3) is 5.76. The Morgan fingerprint density at radius 2 is 1.68 bits per heavy atom. The van der Waals surface area contributed by atoms with Crippen molar-refractivity contribution in [2.45, 2.75) is 25.8 Å². The zero-order chi connectivity index (χ0) is 27.8. The molecule has 0 saturated heterocycles. The van der Waals surface area contributed by atoms with E-state index in [0.717, 1.165) is 22.3 Å². The molecule has 2 heterocycles. The maximum Gasteiger partial charge on any atom is 0.573 e. The van der Waals surface area contributed by atoms with E-state index in [4.69, 9.17) is 16.3 Å². The van der Waals surface area contributed by atoms with E-state index in [1.165, 1.54) is 23.7 Å². The molecule has 1 atom stereocenters. The predicted octanol–water partition coefficient (Wildman–Crippen LogP) is 3.48. The molecule has 0 saturated carbocycles. The number of hydrogen-bond acceptors (Lipinski definition) is 7. The average Bonchev–Trinajstić information content (AvgIpc) is 3.09.